The molecule has 0 aromatic heterocycles. The lowest BCUT2D eigenvalue weighted by atomic mass is 9.87. The molecule has 1 unspecified atom stereocenters. The number of piperidine rings is 1. The summed E-state index contributed by atoms with van der Waals surface area (Å²) >= 11 is 0. The van der Waals surface area contributed by atoms with Crippen LogP contribution in [-0.4, -0.2) is 78.8 Å². The molecule has 0 radical (unpaired) electrons. The van der Waals surface area contributed by atoms with E-state index < -0.39 is 21.6 Å². The maximum Gasteiger partial charge on any atom is 0.325 e. The first-order chi connectivity index (χ1) is 13.9. The molecular weight excluding hydrogens is 392 g/mol. The highest BCUT2D eigenvalue weighted by Gasteiger charge is 2.55. The lowest BCUT2D eigenvalue weighted by molar-refractivity contribution is -0.134. The Morgan fingerprint density at radius 3 is 2.45 bits per heavy atom. The molecule has 9 heteroatoms. The summed E-state index contributed by atoms with van der Waals surface area (Å²) in [6, 6.07) is 7.46. The molecule has 3 fully saturated rings. The van der Waals surface area contributed by atoms with Crippen LogP contribution in [0.4, 0.5) is 4.79 Å². The van der Waals surface area contributed by atoms with E-state index in [4.69, 9.17) is 0 Å². The molecule has 0 aliphatic carbocycles. The SMILES string of the molecule is CCCN1CCC2(CC1)NC(=O)N(C1CCN(S(=O)(=O)c3ccccc3)C1)C2=O. The molecule has 3 aliphatic rings. The van der Waals surface area contributed by atoms with Crippen molar-refractivity contribution in [2.45, 2.75) is 49.1 Å². The van der Waals surface area contributed by atoms with Gasteiger partial charge in [-0.1, -0.05) is 25.1 Å². The molecule has 29 heavy (non-hydrogen) atoms. The maximum atomic E-state index is 13.2. The summed E-state index contributed by atoms with van der Waals surface area (Å²) in [6.07, 6.45) is 2.73. The first-order valence-corrected chi connectivity index (χ1v) is 11.7. The number of carbonyl (C=O) groups excluding carboxylic acids is 2. The van der Waals surface area contributed by atoms with Gasteiger partial charge >= 0.3 is 6.03 Å². The van der Waals surface area contributed by atoms with Crippen LogP contribution in [0.1, 0.15) is 32.6 Å². The monoisotopic (exact) mass is 420 g/mol. The van der Waals surface area contributed by atoms with Crippen LogP contribution < -0.4 is 5.32 Å². The zero-order chi connectivity index (χ0) is 20.6. The zero-order valence-electron chi connectivity index (χ0n) is 16.7. The summed E-state index contributed by atoms with van der Waals surface area (Å²) in [5.41, 5.74) is -0.826. The number of carbonyl (C=O) groups is 2. The fourth-order valence-corrected chi connectivity index (χ4v) is 6.18. The van der Waals surface area contributed by atoms with E-state index >= 15 is 0 Å². The Morgan fingerprint density at radius 1 is 1.10 bits per heavy atom. The van der Waals surface area contributed by atoms with E-state index in [0.717, 1.165) is 26.1 Å². The minimum atomic E-state index is -3.63. The predicted molar refractivity (Wildman–Crippen MR) is 108 cm³/mol. The lowest BCUT2D eigenvalue weighted by Crippen LogP contribution is -2.55. The van der Waals surface area contributed by atoms with Crippen LogP contribution in [0.2, 0.25) is 0 Å². The van der Waals surface area contributed by atoms with Crippen LogP contribution >= 0.6 is 0 Å². The topological polar surface area (TPSA) is 90.0 Å². The van der Waals surface area contributed by atoms with Crippen molar-refractivity contribution < 1.29 is 18.0 Å². The van der Waals surface area contributed by atoms with Crippen molar-refractivity contribution >= 4 is 22.0 Å². The van der Waals surface area contributed by atoms with E-state index in [1.165, 1.54) is 9.21 Å². The number of hydrogen-bond donors (Lipinski definition) is 1. The van der Waals surface area contributed by atoms with E-state index in [-0.39, 0.29) is 23.4 Å². The number of sulfonamides is 1. The molecule has 1 aromatic rings. The zero-order valence-corrected chi connectivity index (χ0v) is 17.5. The summed E-state index contributed by atoms with van der Waals surface area (Å²) in [5, 5.41) is 2.94. The molecular formula is C20H28N4O4S. The van der Waals surface area contributed by atoms with Crippen molar-refractivity contribution in [2.75, 3.05) is 32.7 Å². The first kappa shape index (κ1) is 20.3. The van der Waals surface area contributed by atoms with Crippen LogP contribution in [0.25, 0.3) is 0 Å². The Morgan fingerprint density at radius 2 is 1.79 bits per heavy atom. The fraction of sp³-hybridized carbons (Fsp3) is 0.600. The van der Waals surface area contributed by atoms with Gasteiger partial charge in [0.05, 0.1) is 10.9 Å². The predicted octanol–water partition coefficient (Wildman–Crippen LogP) is 1.25. The van der Waals surface area contributed by atoms with Gasteiger partial charge in [0.25, 0.3) is 5.91 Å². The number of hydrogen-bond acceptors (Lipinski definition) is 5. The van der Waals surface area contributed by atoms with Crippen LogP contribution in [-0.2, 0) is 14.8 Å². The Balaban J connectivity index is 1.46. The van der Waals surface area contributed by atoms with E-state index in [1.807, 2.05) is 0 Å². The van der Waals surface area contributed by atoms with Gasteiger partial charge in [-0.05, 0) is 44.4 Å². The summed E-state index contributed by atoms with van der Waals surface area (Å²) in [4.78, 5) is 29.8. The van der Waals surface area contributed by atoms with Gasteiger partial charge in [-0.2, -0.15) is 4.31 Å². The van der Waals surface area contributed by atoms with Crippen LogP contribution in [0.5, 0.6) is 0 Å². The average Bonchev–Trinajstić information content (AvgIpc) is 3.29. The second kappa shape index (κ2) is 7.70. The minimum absolute atomic E-state index is 0.147. The van der Waals surface area contributed by atoms with Crippen molar-refractivity contribution in [1.29, 1.82) is 0 Å². The molecule has 3 heterocycles. The largest absolute Gasteiger partial charge is 0.325 e. The minimum Gasteiger partial charge on any atom is -0.323 e. The van der Waals surface area contributed by atoms with Crippen LogP contribution in [0, 0.1) is 0 Å². The summed E-state index contributed by atoms with van der Waals surface area (Å²) in [6.45, 7) is 5.14. The highest BCUT2D eigenvalue weighted by molar-refractivity contribution is 7.89. The van der Waals surface area contributed by atoms with E-state index in [9.17, 15) is 18.0 Å². The molecule has 4 rings (SSSR count). The molecule has 1 aromatic carbocycles. The fourth-order valence-electron chi connectivity index (χ4n) is 4.67. The molecule has 1 N–H and O–H groups in total. The number of nitrogens with one attached hydrogen (secondary N) is 1. The van der Waals surface area contributed by atoms with Gasteiger partial charge in [-0.25, -0.2) is 13.2 Å². The van der Waals surface area contributed by atoms with Gasteiger partial charge in [-0.15, -0.1) is 0 Å². The quantitative estimate of drug-likeness (QED) is 0.724. The van der Waals surface area contributed by atoms with E-state index in [2.05, 4.69) is 17.1 Å². The summed E-state index contributed by atoms with van der Waals surface area (Å²) in [7, 11) is -3.63. The van der Waals surface area contributed by atoms with E-state index in [1.54, 1.807) is 30.3 Å². The van der Waals surface area contributed by atoms with Gasteiger partial charge in [-0.3, -0.25) is 9.69 Å². The van der Waals surface area contributed by atoms with Gasteiger partial charge < -0.3 is 10.2 Å². The number of nitrogens with zero attached hydrogens (tertiary/aromatic N) is 3. The Hall–Kier alpha value is -1.97. The second-order valence-electron chi connectivity index (χ2n) is 8.15. The molecule has 8 nitrogen and oxygen atoms in total. The highest BCUT2D eigenvalue weighted by Crippen LogP contribution is 2.33. The molecule has 3 saturated heterocycles. The number of likely N-dealkylation sites (tertiary alicyclic amines) is 1. The normalized spacial score (nSPS) is 25.7. The van der Waals surface area contributed by atoms with Crippen molar-refractivity contribution in [2.24, 2.45) is 0 Å². The van der Waals surface area contributed by atoms with Crippen molar-refractivity contribution in [3.63, 3.8) is 0 Å². The third-order valence-corrected chi connectivity index (χ3v) is 8.19. The molecule has 1 spiro atoms. The Kier molecular flexibility index (Phi) is 5.39. The summed E-state index contributed by atoms with van der Waals surface area (Å²) < 4.78 is 27.1. The van der Waals surface area contributed by atoms with E-state index in [0.29, 0.717) is 25.8 Å². The van der Waals surface area contributed by atoms with Gasteiger partial charge in [0, 0.05) is 26.2 Å². The number of rotatable bonds is 5. The van der Waals surface area contributed by atoms with Gasteiger partial charge in [0.1, 0.15) is 5.54 Å². The highest BCUT2D eigenvalue weighted by atomic mass is 32.2. The molecule has 1 atom stereocenters. The van der Waals surface area contributed by atoms with Crippen LogP contribution in [0.15, 0.2) is 35.2 Å². The Labute approximate surface area is 171 Å². The Bertz CT molecular complexity index is 881. The molecule has 158 valence electrons. The van der Waals surface area contributed by atoms with Gasteiger partial charge in [0.2, 0.25) is 10.0 Å². The average molecular weight is 421 g/mol. The number of imide groups is 1. The number of amides is 3. The second-order valence-corrected chi connectivity index (χ2v) is 10.1. The lowest BCUT2D eigenvalue weighted by Gasteiger charge is -2.37. The summed E-state index contributed by atoms with van der Waals surface area (Å²) in [5.74, 6) is -0.192. The molecule has 3 amide bonds. The third-order valence-electron chi connectivity index (χ3n) is 6.31. The molecule has 0 bridgehead atoms. The van der Waals surface area contributed by atoms with Crippen molar-refractivity contribution in [3.8, 4) is 0 Å². The maximum absolute atomic E-state index is 13.2. The number of benzene rings is 1. The first-order valence-electron chi connectivity index (χ1n) is 10.3. The van der Waals surface area contributed by atoms with Crippen LogP contribution in [0.3, 0.4) is 0 Å². The molecule has 0 saturated carbocycles. The van der Waals surface area contributed by atoms with Crippen molar-refractivity contribution in [3.05, 3.63) is 30.3 Å². The third kappa shape index (κ3) is 3.55. The number of urea groups is 1. The molecule has 3 aliphatic heterocycles. The standard InChI is InChI=1S/C20H28N4O4S/c1-2-11-22-13-9-20(10-14-22)18(25)24(19(26)21-20)16-8-12-23(15-16)29(27,28)17-6-4-3-5-7-17/h3-7,16H,2,8-15H2,1H3,(H,21,26). The van der Waals surface area contributed by atoms with Gasteiger partial charge in [0.15, 0.2) is 0 Å². The smallest absolute Gasteiger partial charge is 0.323 e. The van der Waals surface area contributed by atoms with Crippen molar-refractivity contribution in [1.82, 2.24) is 19.4 Å².